The summed E-state index contributed by atoms with van der Waals surface area (Å²) in [7, 11) is 0. The molecule has 8 N–H and O–H groups in total. The third-order valence-electron chi connectivity index (χ3n) is 8.64. The molecule has 11 heteroatoms. The number of unbranched alkanes of at least 4 members (excludes halogenated alkanes) is 10. The summed E-state index contributed by atoms with van der Waals surface area (Å²) in [4.78, 5) is 12.9. The monoisotopic (exact) mass is 685 g/mol. The zero-order valence-corrected chi connectivity index (χ0v) is 29.5. The summed E-state index contributed by atoms with van der Waals surface area (Å²) in [6, 6.07) is -1.19. The van der Waals surface area contributed by atoms with Crippen LogP contribution in [-0.2, 0) is 14.3 Å². The van der Waals surface area contributed by atoms with Crippen LogP contribution >= 0.6 is 0 Å². The van der Waals surface area contributed by atoms with Gasteiger partial charge in [0.1, 0.15) is 36.6 Å². The molecule has 0 aliphatic carbocycles. The van der Waals surface area contributed by atoms with Gasteiger partial charge in [0.15, 0.2) is 6.29 Å². The molecule has 1 amide bonds. The lowest BCUT2D eigenvalue weighted by molar-refractivity contribution is -0.303. The number of hydrogen-bond acceptors (Lipinski definition) is 10. The smallest absolute Gasteiger partial charge is 0.249 e. The second-order valence-electron chi connectivity index (χ2n) is 12.9. The number of rotatable bonds is 28. The zero-order valence-electron chi connectivity index (χ0n) is 29.5. The Morgan fingerprint density at radius 1 is 0.708 bits per heavy atom. The van der Waals surface area contributed by atoms with Gasteiger partial charge < -0.3 is 50.5 Å². The third kappa shape index (κ3) is 18.9. The molecule has 0 radical (unpaired) electrons. The number of aliphatic hydroxyl groups excluding tert-OH is 7. The van der Waals surface area contributed by atoms with Crippen molar-refractivity contribution in [2.45, 2.75) is 178 Å². The molecule has 9 atom stereocenters. The van der Waals surface area contributed by atoms with Gasteiger partial charge in [-0.1, -0.05) is 95.2 Å². The van der Waals surface area contributed by atoms with Crippen molar-refractivity contribution in [1.29, 1.82) is 0 Å². The number of carbonyl (C=O) groups is 1. The maximum atomic E-state index is 12.9. The van der Waals surface area contributed by atoms with Gasteiger partial charge in [0.25, 0.3) is 0 Å². The van der Waals surface area contributed by atoms with E-state index >= 15 is 0 Å². The van der Waals surface area contributed by atoms with Crippen LogP contribution in [0.4, 0.5) is 0 Å². The molecular formula is C37H67NO10. The molecule has 9 unspecified atom stereocenters. The van der Waals surface area contributed by atoms with Crippen molar-refractivity contribution in [2.75, 3.05) is 13.2 Å². The van der Waals surface area contributed by atoms with Gasteiger partial charge in [-0.3, -0.25) is 4.79 Å². The second kappa shape index (κ2) is 28.1. The predicted octanol–water partition coefficient (Wildman–Crippen LogP) is 3.71. The van der Waals surface area contributed by atoms with E-state index in [4.69, 9.17) is 9.47 Å². The predicted molar refractivity (Wildman–Crippen MR) is 187 cm³/mol. The summed E-state index contributed by atoms with van der Waals surface area (Å²) >= 11 is 0. The largest absolute Gasteiger partial charge is 0.394 e. The summed E-state index contributed by atoms with van der Waals surface area (Å²) in [6.07, 6.45) is 16.5. The molecule has 1 heterocycles. The maximum Gasteiger partial charge on any atom is 0.249 e. The number of amides is 1. The Morgan fingerprint density at radius 2 is 1.25 bits per heavy atom. The Labute approximate surface area is 288 Å². The van der Waals surface area contributed by atoms with Crippen LogP contribution in [0.25, 0.3) is 0 Å². The van der Waals surface area contributed by atoms with Crippen LogP contribution in [0.15, 0.2) is 36.5 Å². The van der Waals surface area contributed by atoms with Crippen LogP contribution in [0.3, 0.4) is 0 Å². The molecule has 0 aromatic heterocycles. The Kier molecular flexibility index (Phi) is 25.9. The lowest BCUT2D eigenvalue weighted by atomic mass is 9.98. The van der Waals surface area contributed by atoms with Gasteiger partial charge >= 0.3 is 0 Å². The van der Waals surface area contributed by atoms with Crippen molar-refractivity contribution in [3.8, 4) is 0 Å². The summed E-state index contributed by atoms with van der Waals surface area (Å²) in [5, 5.41) is 74.9. The summed E-state index contributed by atoms with van der Waals surface area (Å²) in [6.45, 7) is 3.25. The van der Waals surface area contributed by atoms with E-state index in [-0.39, 0.29) is 12.8 Å². The quantitative estimate of drug-likeness (QED) is 0.0445. The number of aliphatic hydroxyl groups is 7. The highest BCUT2D eigenvalue weighted by Crippen LogP contribution is 2.23. The Balaban J connectivity index is 2.66. The average molecular weight is 686 g/mol. The maximum absolute atomic E-state index is 12.9. The van der Waals surface area contributed by atoms with Crippen molar-refractivity contribution in [2.24, 2.45) is 0 Å². The van der Waals surface area contributed by atoms with Gasteiger partial charge in [-0.15, -0.1) is 0 Å². The summed E-state index contributed by atoms with van der Waals surface area (Å²) in [5.74, 6) is -0.728. The molecule has 0 aromatic rings. The van der Waals surface area contributed by atoms with E-state index < -0.39 is 74.2 Å². The number of allylic oxidation sites excluding steroid dienone is 6. The van der Waals surface area contributed by atoms with E-state index in [1.807, 2.05) is 6.08 Å². The van der Waals surface area contributed by atoms with Crippen molar-refractivity contribution in [1.82, 2.24) is 5.32 Å². The zero-order chi connectivity index (χ0) is 35.6. The Morgan fingerprint density at radius 3 is 1.83 bits per heavy atom. The van der Waals surface area contributed by atoms with Gasteiger partial charge in [-0.05, 0) is 64.2 Å². The molecule has 1 aliphatic heterocycles. The van der Waals surface area contributed by atoms with Gasteiger partial charge in [0.2, 0.25) is 5.91 Å². The van der Waals surface area contributed by atoms with Gasteiger partial charge in [0.05, 0.1) is 25.4 Å². The first kappa shape index (κ1) is 44.4. The first-order valence-corrected chi connectivity index (χ1v) is 18.4. The van der Waals surface area contributed by atoms with Gasteiger partial charge in [-0.25, -0.2) is 0 Å². The van der Waals surface area contributed by atoms with Crippen molar-refractivity contribution in [3.05, 3.63) is 36.5 Å². The number of ether oxygens (including phenoxy) is 2. The molecule has 11 nitrogen and oxygen atoms in total. The third-order valence-corrected chi connectivity index (χ3v) is 8.64. The van der Waals surface area contributed by atoms with Crippen LogP contribution in [0.2, 0.25) is 0 Å². The molecule has 1 fully saturated rings. The van der Waals surface area contributed by atoms with Crippen LogP contribution in [-0.4, -0.2) is 110 Å². The highest BCUT2D eigenvalue weighted by molar-refractivity contribution is 5.80. The Bertz CT molecular complexity index is 882. The van der Waals surface area contributed by atoms with Gasteiger partial charge in [-0.2, -0.15) is 0 Å². The fourth-order valence-electron chi connectivity index (χ4n) is 5.42. The van der Waals surface area contributed by atoms with E-state index in [1.54, 1.807) is 0 Å². The SMILES string of the molecule is CCCC/C=C\CCCCCCC(O)C(=O)NC(COC1OC(CO)C(O)C(O)C1O)C(O)C(O)CCC/C=C/CC/C=C/CCCC. The molecule has 0 spiro atoms. The molecule has 0 bridgehead atoms. The van der Waals surface area contributed by atoms with Crippen molar-refractivity contribution < 1.29 is 50.0 Å². The van der Waals surface area contributed by atoms with Crippen LogP contribution in [0.5, 0.6) is 0 Å². The van der Waals surface area contributed by atoms with E-state index in [0.717, 1.165) is 51.4 Å². The molecular weight excluding hydrogens is 618 g/mol. The van der Waals surface area contributed by atoms with Crippen LogP contribution in [0, 0.1) is 0 Å². The molecule has 0 saturated carbocycles. The standard InChI is InChI=1S/C37H67NO10/c1-3-5-7-9-11-13-15-17-18-20-22-24-29(40)32(42)28(27-47-37-35(45)34(44)33(43)31(26-39)48-37)38-36(46)30(41)25-23-21-19-16-14-12-10-8-6-4-2/h9-12,17-18,28-35,37,39-45H,3-8,13-16,19-27H2,1-2H3,(H,38,46)/b11-9+,12-10-,18-17+. The first-order valence-electron chi connectivity index (χ1n) is 18.4. The molecule has 1 rings (SSSR count). The number of nitrogens with one attached hydrogen (secondary N) is 1. The molecule has 1 aliphatic rings. The molecule has 1 saturated heterocycles. The van der Waals surface area contributed by atoms with Crippen LogP contribution < -0.4 is 5.32 Å². The highest BCUT2D eigenvalue weighted by Gasteiger charge is 2.44. The van der Waals surface area contributed by atoms with Crippen molar-refractivity contribution >= 4 is 5.91 Å². The number of hydrogen-bond donors (Lipinski definition) is 8. The minimum absolute atomic E-state index is 0.234. The fourth-order valence-corrected chi connectivity index (χ4v) is 5.42. The minimum atomic E-state index is -1.67. The Hall–Kier alpha value is -1.67. The highest BCUT2D eigenvalue weighted by atomic mass is 16.7. The van der Waals surface area contributed by atoms with E-state index in [1.165, 1.54) is 25.7 Å². The summed E-state index contributed by atoms with van der Waals surface area (Å²) < 4.78 is 11.0. The minimum Gasteiger partial charge on any atom is -0.394 e. The van der Waals surface area contributed by atoms with Crippen molar-refractivity contribution in [3.63, 3.8) is 0 Å². The summed E-state index contributed by atoms with van der Waals surface area (Å²) in [5.41, 5.74) is 0. The second-order valence-corrected chi connectivity index (χ2v) is 12.9. The lowest BCUT2D eigenvalue weighted by Gasteiger charge is -2.40. The molecule has 280 valence electrons. The number of carbonyl (C=O) groups excluding carboxylic acids is 1. The average Bonchev–Trinajstić information content (AvgIpc) is 3.08. The lowest BCUT2D eigenvalue weighted by Crippen LogP contribution is -2.60. The van der Waals surface area contributed by atoms with Crippen LogP contribution in [0.1, 0.15) is 123 Å². The van der Waals surface area contributed by atoms with Gasteiger partial charge in [0, 0.05) is 0 Å². The normalized spacial score (nSPS) is 24.4. The molecule has 48 heavy (non-hydrogen) atoms. The van der Waals surface area contributed by atoms with E-state index in [0.29, 0.717) is 19.3 Å². The molecule has 0 aromatic carbocycles. The topological polar surface area (TPSA) is 189 Å². The first-order chi connectivity index (χ1) is 23.2. The fraction of sp³-hybridized carbons (Fsp3) is 0.811. The van der Waals surface area contributed by atoms with E-state index in [9.17, 15) is 40.5 Å². The van der Waals surface area contributed by atoms with E-state index in [2.05, 4.69) is 49.5 Å².